The molecule has 0 atom stereocenters. The van der Waals surface area contributed by atoms with Gasteiger partial charge in [-0.2, -0.15) is 0 Å². The number of carbonyl (C=O) groups excluding carboxylic acids is 1. The SMILES string of the molecule is O=C(CCCOc1ccc2[nH]c(=O)ccc2c1)N(C1CCCCC1)C1CCCCC1. The minimum Gasteiger partial charge on any atom is -0.494 e. The highest BCUT2D eigenvalue weighted by Gasteiger charge is 2.31. The van der Waals surface area contributed by atoms with E-state index in [0.29, 0.717) is 31.0 Å². The third kappa shape index (κ3) is 5.24. The molecule has 0 radical (unpaired) electrons. The maximum atomic E-state index is 13.2. The number of aromatic amines is 1. The molecule has 5 heteroatoms. The summed E-state index contributed by atoms with van der Waals surface area (Å²) in [7, 11) is 0. The average molecular weight is 411 g/mol. The molecule has 2 aliphatic carbocycles. The van der Waals surface area contributed by atoms with Crippen molar-refractivity contribution in [3.05, 3.63) is 40.7 Å². The first-order chi connectivity index (χ1) is 14.7. The van der Waals surface area contributed by atoms with Crippen molar-refractivity contribution in [3.8, 4) is 5.75 Å². The second-order valence-electron chi connectivity index (χ2n) is 8.91. The van der Waals surface area contributed by atoms with E-state index in [1.165, 1.54) is 70.3 Å². The molecule has 1 N–H and O–H groups in total. The number of carbonyl (C=O) groups is 1. The Bertz CT molecular complexity index is 877. The third-order valence-corrected chi connectivity index (χ3v) is 6.72. The summed E-state index contributed by atoms with van der Waals surface area (Å²) >= 11 is 0. The molecule has 162 valence electrons. The molecule has 0 unspecified atom stereocenters. The van der Waals surface area contributed by atoms with Crippen LogP contribution in [0.3, 0.4) is 0 Å². The second-order valence-corrected chi connectivity index (χ2v) is 8.91. The van der Waals surface area contributed by atoms with E-state index in [1.54, 1.807) is 6.07 Å². The fourth-order valence-corrected chi connectivity index (χ4v) is 5.19. The van der Waals surface area contributed by atoms with Crippen molar-refractivity contribution in [2.24, 2.45) is 0 Å². The van der Waals surface area contributed by atoms with Crippen LogP contribution in [0.4, 0.5) is 0 Å². The minimum atomic E-state index is -0.102. The van der Waals surface area contributed by atoms with Gasteiger partial charge in [-0.15, -0.1) is 0 Å². The number of aromatic nitrogens is 1. The topological polar surface area (TPSA) is 62.4 Å². The molecule has 30 heavy (non-hydrogen) atoms. The molecule has 0 bridgehead atoms. The summed E-state index contributed by atoms with van der Waals surface area (Å²) in [5.74, 6) is 1.10. The van der Waals surface area contributed by atoms with Crippen molar-refractivity contribution < 1.29 is 9.53 Å². The summed E-state index contributed by atoms with van der Waals surface area (Å²) < 4.78 is 5.90. The van der Waals surface area contributed by atoms with E-state index < -0.39 is 0 Å². The van der Waals surface area contributed by atoms with Gasteiger partial charge in [0.1, 0.15) is 5.75 Å². The molecular weight excluding hydrogens is 376 g/mol. The van der Waals surface area contributed by atoms with Gasteiger partial charge in [-0.3, -0.25) is 9.59 Å². The fraction of sp³-hybridized carbons (Fsp3) is 0.600. The molecule has 2 aliphatic rings. The number of benzene rings is 1. The predicted molar refractivity (Wildman–Crippen MR) is 120 cm³/mol. The van der Waals surface area contributed by atoms with Crippen molar-refractivity contribution in [1.82, 2.24) is 9.88 Å². The first-order valence-electron chi connectivity index (χ1n) is 11.8. The number of H-pyrrole nitrogens is 1. The summed E-state index contributed by atoms with van der Waals surface area (Å²) in [4.78, 5) is 29.7. The predicted octanol–water partition coefficient (Wildman–Crippen LogP) is 5.18. The van der Waals surface area contributed by atoms with Gasteiger partial charge in [-0.25, -0.2) is 0 Å². The maximum Gasteiger partial charge on any atom is 0.248 e. The van der Waals surface area contributed by atoms with E-state index in [2.05, 4.69) is 9.88 Å². The number of ether oxygens (including phenoxy) is 1. The van der Waals surface area contributed by atoms with Gasteiger partial charge in [0.25, 0.3) is 0 Å². The first kappa shape index (κ1) is 21.0. The van der Waals surface area contributed by atoms with Crippen molar-refractivity contribution in [1.29, 1.82) is 0 Å². The van der Waals surface area contributed by atoms with Crippen LogP contribution in [-0.2, 0) is 4.79 Å². The summed E-state index contributed by atoms with van der Waals surface area (Å²) in [6, 6.07) is 9.91. The lowest BCUT2D eigenvalue weighted by atomic mass is 9.88. The zero-order chi connectivity index (χ0) is 20.8. The number of pyridine rings is 1. The third-order valence-electron chi connectivity index (χ3n) is 6.72. The van der Waals surface area contributed by atoms with Crippen LogP contribution in [0.1, 0.15) is 77.0 Å². The van der Waals surface area contributed by atoms with Crippen LogP contribution in [-0.4, -0.2) is 34.5 Å². The Kier molecular flexibility index (Phi) is 7.08. The molecule has 1 amide bonds. The van der Waals surface area contributed by atoms with Gasteiger partial charge in [0.15, 0.2) is 0 Å². The van der Waals surface area contributed by atoms with Crippen LogP contribution >= 0.6 is 0 Å². The molecule has 1 aromatic heterocycles. The number of fused-ring (bicyclic) bond motifs is 1. The van der Waals surface area contributed by atoms with Gasteiger partial charge in [0, 0.05) is 35.5 Å². The van der Waals surface area contributed by atoms with E-state index in [-0.39, 0.29) is 5.56 Å². The number of rotatable bonds is 7. The van der Waals surface area contributed by atoms with E-state index in [0.717, 1.165) is 23.1 Å². The highest BCUT2D eigenvalue weighted by atomic mass is 16.5. The number of nitrogens with zero attached hydrogens (tertiary/aromatic N) is 1. The number of nitrogens with one attached hydrogen (secondary N) is 1. The highest BCUT2D eigenvalue weighted by Crippen LogP contribution is 2.31. The summed E-state index contributed by atoms with van der Waals surface area (Å²) in [5.41, 5.74) is 0.704. The Hall–Kier alpha value is -2.30. The molecule has 0 saturated heterocycles. The number of amides is 1. The Morgan fingerprint density at radius 2 is 1.60 bits per heavy atom. The van der Waals surface area contributed by atoms with Crippen molar-refractivity contribution in [2.75, 3.05) is 6.61 Å². The summed E-state index contributed by atoms with van der Waals surface area (Å²) in [6.45, 7) is 0.532. The fourth-order valence-electron chi connectivity index (χ4n) is 5.19. The molecule has 2 aromatic rings. The van der Waals surface area contributed by atoms with Gasteiger partial charge in [0.05, 0.1) is 6.61 Å². The number of hydrogen-bond donors (Lipinski definition) is 1. The van der Waals surface area contributed by atoms with Gasteiger partial charge < -0.3 is 14.6 Å². The largest absolute Gasteiger partial charge is 0.494 e. The second kappa shape index (κ2) is 10.1. The zero-order valence-electron chi connectivity index (χ0n) is 17.9. The molecule has 1 heterocycles. The van der Waals surface area contributed by atoms with Crippen LogP contribution in [0.5, 0.6) is 5.75 Å². The molecule has 0 spiro atoms. The Morgan fingerprint density at radius 3 is 2.27 bits per heavy atom. The van der Waals surface area contributed by atoms with E-state index in [4.69, 9.17) is 4.74 Å². The normalized spacial score (nSPS) is 18.4. The van der Waals surface area contributed by atoms with Crippen molar-refractivity contribution >= 4 is 16.8 Å². The van der Waals surface area contributed by atoms with Crippen molar-refractivity contribution in [2.45, 2.75) is 89.1 Å². The summed E-state index contributed by atoms with van der Waals surface area (Å²) in [6.07, 6.45) is 13.7. The van der Waals surface area contributed by atoms with Crippen LogP contribution in [0.25, 0.3) is 10.9 Å². The van der Waals surface area contributed by atoms with E-state index in [9.17, 15) is 9.59 Å². The van der Waals surface area contributed by atoms with Crippen molar-refractivity contribution in [3.63, 3.8) is 0 Å². The monoisotopic (exact) mass is 410 g/mol. The Morgan fingerprint density at radius 1 is 0.933 bits per heavy atom. The summed E-state index contributed by atoms with van der Waals surface area (Å²) in [5, 5.41) is 0.948. The lowest BCUT2D eigenvalue weighted by Crippen LogP contribution is -2.48. The smallest absolute Gasteiger partial charge is 0.248 e. The lowest BCUT2D eigenvalue weighted by Gasteiger charge is -2.42. The first-order valence-corrected chi connectivity index (χ1v) is 11.8. The van der Waals surface area contributed by atoms with E-state index >= 15 is 0 Å². The van der Waals surface area contributed by atoms with Gasteiger partial charge in [-0.1, -0.05) is 38.5 Å². The van der Waals surface area contributed by atoms with Crippen LogP contribution in [0, 0.1) is 0 Å². The quantitative estimate of drug-likeness (QED) is 0.640. The molecule has 2 saturated carbocycles. The Labute approximate surface area is 178 Å². The van der Waals surface area contributed by atoms with Crippen LogP contribution < -0.4 is 10.3 Å². The van der Waals surface area contributed by atoms with Crippen LogP contribution in [0.2, 0.25) is 0 Å². The molecule has 4 rings (SSSR count). The minimum absolute atomic E-state index is 0.102. The maximum absolute atomic E-state index is 13.2. The average Bonchev–Trinajstić information content (AvgIpc) is 2.78. The zero-order valence-corrected chi connectivity index (χ0v) is 17.9. The molecule has 0 aliphatic heterocycles. The molecular formula is C25H34N2O3. The van der Waals surface area contributed by atoms with Gasteiger partial charge in [-0.05, 0) is 56.4 Å². The number of hydrogen-bond acceptors (Lipinski definition) is 3. The van der Waals surface area contributed by atoms with Gasteiger partial charge >= 0.3 is 0 Å². The molecule has 1 aromatic carbocycles. The standard InChI is InChI=1S/C25H34N2O3/c28-24-16-13-19-18-22(14-15-23(19)26-24)30-17-7-12-25(29)27(20-8-3-1-4-9-20)21-10-5-2-6-11-21/h13-16,18,20-21H,1-12,17H2,(H,26,28). The van der Waals surface area contributed by atoms with Crippen LogP contribution in [0.15, 0.2) is 35.1 Å². The van der Waals surface area contributed by atoms with E-state index in [1.807, 2.05) is 18.2 Å². The Balaban J connectivity index is 1.31. The molecule has 2 fully saturated rings. The molecule has 5 nitrogen and oxygen atoms in total. The van der Waals surface area contributed by atoms with Gasteiger partial charge in [0.2, 0.25) is 11.5 Å². The lowest BCUT2D eigenvalue weighted by molar-refractivity contribution is -0.138. The highest BCUT2D eigenvalue weighted by molar-refractivity contribution is 5.79.